The number of pyridine rings is 1. The van der Waals surface area contributed by atoms with Crippen molar-refractivity contribution in [3.63, 3.8) is 0 Å². The summed E-state index contributed by atoms with van der Waals surface area (Å²) in [6.45, 7) is 6.68. The molecule has 0 saturated carbocycles. The zero-order valence-corrected chi connectivity index (χ0v) is 11.4. The van der Waals surface area contributed by atoms with E-state index < -0.39 is 0 Å². The molecule has 0 fully saturated rings. The number of aryl methyl sites for hydroxylation is 1. The van der Waals surface area contributed by atoms with Crippen LogP contribution in [0.25, 0.3) is 0 Å². The highest BCUT2D eigenvalue weighted by atomic mass is 16.1. The molecule has 0 aromatic carbocycles. The summed E-state index contributed by atoms with van der Waals surface area (Å²) in [5, 5.41) is 0. The fourth-order valence-corrected chi connectivity index (χ4v) is 2.24. The van der Waals surface area contributed by atoms with Crippen LogP contribution in [0.15, 0.2) is 12.3 Å². The Hall–Kier alpha value is -1.42. The Labute approximate surface area is 109 Å². The number of carbonyl (C=O) groups is 1. The first kappa shape index (κ1) is 14.6. The SMILES string of the molecule is Cc1ccnc(N)c1C(=O)CC(CN)CC(C)C. The molecular formula is C14H23N3O. The number of nitrogens with zero attached hydrogens (tertiary/aromatic N) is 1. The molecule has 1 atom stereocenters. The van der Waals surface area contributed by atoms with E-state index in [-0.39, 0.29) is 11.7 Å². The molecule has 0 aliphatic carbocycles. The van der Waals surface area contributed by atoms with Gasteiger partial charge < -0.3 is 11.5 Å². The predicted molar refractivity (Wildman–Crippen MR) is 74.3 cm³/mol. The van der Waals surface area contributed by atoms with Crippen LogP contribution in [0, 0.1) is 18.8 Å². The molecule has 0 aliphatic rings. The normalized spacial score (nSPS) is 12.7. The van der Waals surface area contributed by atoms with Crippen LogP contribution < -0.4 is 11.5 Å². The van der Waals surface area contributed by atoms with Crippen LogP contribution in [0.1, 0.15) is 42.6 Å². The highest BCUT2D eigenvalue weighted by molar-refractivity contribution is 6.01. The van der Waals surface area contributed by atoms with Gasteiger partial charge in [0, 0.05) is 12.6 Å². The first-order valence-electron chi connectivity index (χ1n) is 6.40. The Bertz CT molecular complexity index is 395. The minimum atomic E-state index is 0.0502. The maximum atomic E-state index is 12.3. The number of nitrogen functional groups attached to an aromatic ring is 1. The van der Waals surface area contributed by atoms with Gasteiger partial charge in [-0.2, -0.15) is 0 Å². The topological polar surface area (TPSA) is 82.0 Å². The van der Waals surface area contributed by atoms with Gasteiger partial charge in [0.2, 0.25) is 0 Å². The van der Waals surface area contributed by atoms with Gasteiger partial charge in [-0.05, 0) is 43.4 Å². The molecule has 0 spiro atoms. The highest BCUT2D eigenvalue weighted by Gasteiger charge is 2.19. The number of carbonyl (C=O) groups excluding carboxylic acids is 1. The lowest BCUT2D eigenvalue weighted by Crippen LogP contribution is -2.21. The minimum Gasteiger partial charge on any atom is -0.383 e. The van der Waals surface area contributed by atoms with Crippen LogP contribution in [0.3, 0.4) is 0 Å². The number of hydrogen-bond donors (Lipinski definition) is 2. The summed E-state index contributed by atoms with van der Waals surface area (Å²) < 4.78 is 0. The molecular weight excluding hydrogens is 226 g/mol. The van der Waals surface area contributed by atoms with E-state index >= 15 is 0 Å². The summed E-state index contributed by atoms with van der Waals surface area (Å²) in [7, 11) is 0. The highest BCUT2D eigenvalue weighted by Crippen LogP contribution is 2.21. The molecule has 1 heterocycles. The van der Waals surface area contributed by atoms with Crippen LogP contribution in [0.2, 0.25) is 0 Å². The Morgan fingerprint density at radius 2 is 2.11 bits per heavy atom. The maximum Gasteiger partial charge on any atom is 0.167 e. The van der Waals surface area contributed by atoms with E-state index in [9.17, 15) is 4.79 Å². The quantitative estimate of drug-likeness (QED) is 0.757. The van der Waals surface area contributed by atoms with Crippen molar-refractivity contribution in [2.45, 2.75) is 33.6 Å². The largest absolute Gasteiger partial charge is 0.383 e. The van der Waals surface area contributed by atoms with Crippen molar-refractivity contribution in [2.75, 3.05) is 12.3 Å². The van der Waals surface area contributed by atoms with Crippen molar-refractivity contribution in [2.24, 2.45) is 17.6 Å². The number of nitrogens with two attached hydrogens (primary N) is 2. The van der Waals surface area contributed by atoms with E-state index in [1.54, 1.807) is 6.20 Å². The molecule has 4 nitrogen and oxygen atoms in total. The van der Waals surface area contributed by atoms with E-state index in [0.717, 1.165) is 12.0 Å². The number of rotatable bonds is 6. The van der Waals surface area contributed by atoms with Crippen LogP contribution in [0.5, 0.6) is 0 Å². The van der Waals surface area contributed by atoms with E-state index in [2.05, 4.69) is 18.8 Å². The lowest BCUT2D eigenvalue weighted by Gasteiger charge is -2.17. The Balaban J connectivity index is 2.81. The number of anilines is 1. The van der Waals surface area contributed by atoms with Gasteiger partial charge >= 0.3 is 0 Å². The number of hydrogen-bond acceptors (Lipinski definition) is 4. The number of ketones is 1. The third kappa shape index (κ3) is 3.81. The lowest BCUT2D eigenvalue weighted by atomic mass is 9.90. The van der Waals surface area contributed by atoms with Gasteiger partial charge in [-0.25, -0.2) is 4.98 Å². The summed E-state index contributed by atoms with van der Waals surface area (Å²) in [5.74, 6) is 1.13. The summed E-state index contributed by atoms with van der Waals surface area (Å²) in [5.41, 5.74) is 12.9. The lowest BCUT2D eigenvalue weighted by molar-refractivity contribution is 0.0957. The molecule has 4 heteroatoms. The minimum absolute atomic E-state index is 0.0502. The summed E-state index contributed by atoms with van der Waals surface area (Å²) in [6, 6.07) is 1.81. The standard InChI is InChI=1S/C14H23N3O/c1-9(2)6-11(8-15)7-12(18)13-10(3)4-5-17-14(13)16/h4-5,9,11H,6-8,15H2,1-3H3,(H2,16,17). The first-order valence-corrected chi connectivity index (χ1v) is 6.40. The summed E-state index contributed by atoms with van der Waals surface area (Å²) in [6.07, 6.45) is 3.03. The average molecular weight is 249 g/mol. The first-order chi connectivity index (χ1) is 8.45. The van der Waals surface area contributed by atoms with E-state index in [4.69, 9.17) is 11.5 Å². The van der Waals surface area contributed by atoms with Crippen molar-refractivity contribution in [3.8, 4) is 0 Å². The molecule has 18 heavy (non-hydrogen) atoms. The van der Waals surface area contributed by atoms with Crippen molar-refractivity contribution >= 4 is 11.6 Å². The van der Waals surface area contributed by atoms with Gasteiger partial charge in [0.1, 0.15) is 5.82 Å². The second kappa shape index (κ2) is 6.50. The van der Waals surface area contributed by atoms with Crippen molar-refractivity contribution in [1.29, 1.82) is 0 Å². The molecule has 1 aromatic rings. The van der Waals surface area contributed by atoms with Crippen LogP contribution in [-0.4, -0.2) is 17.3 Å². The van der Waals surface area contributed by atoms with E-state index in [0.29, 0.717) is 30.3 Å². The van der Waals surface area contributed by atoms with Crippen LogP contribution in [0.4, 0.5) is 5.82 Å². The van der Waals surface area contributed by atoms with Crippen molar-refractivity contribution < 1.29 is 4.79 Å². The van der Waals surface area contributed by atoms with Gasteiger partial charge in [-0.3, -0.25) is 4.79 Å². The fourth-order valence-electron chi connectivity index (χ4n) is 2.24. The van der Waals surface area contributed by atoms with Gasteiger partial charge in [0.15, 0.2) is 5.78 Å². The molecule has 100 valence electrons. The van der Waals surface area contributed by atoms with E-state index in [1.807, 2.05) is 13.0 Å². The molecule has 4 N–H and O–H groups in total. The molecule has 0 amide bonds. The summed E-state index contributed by atoms with van der Waals surface area (Å²) in [4.78, 5) is 16.2. The Morgan fingerprint density at radius 3 is 2.61 bits per heavy atom. The Morgan fingerprint density at radius 1 is 1.44 bits per heavy atom. The predicted octanol–water partition coefficient (Wildman–Crippen LogP) is 2.17. The molecule has 1 aromatic heterocycles. The van der Waals surface area contributed by atoms with Crippen molar-refractivity contribution in [1.82, 2.24) is 4.98 Å². The third-order valence-electron chi connectivity index (χ3n) is 3.08. The summed E-state index contributed by atoms with van der Waals surface area (Å²) >= 11 is 0. The number of aromatic nitrogens is 1. The molecule has 0 saturated heterocycles. The van der Waals surface area contributed by atoms with Gasteiger partial charge in [0.05, 0.1) is 5.56 Å². The van der Waals surface area contributed by atoms with Gasteiger partial charge in [-0.1, -0.05) is 13.8 Å². The molecule has 0 radical (unpaired) electrons. The zero-order chi connectivity index (χ0) is 13.7. The third-order valence-corrected chi connectivity index (χ3v) is 3.08. The van der Waals surface area contributed by atoms with Crippen LogP contribution >= 0.6 is 0 Å². The van der Waals surface area contributed by atoms with E-state index in [1.165, 1.54) is 0 Å². The second-order valence-electron chi connectivity index (χ2n) is 5.25. The van der Waals surface area contributed by atoms with Crippen LogP contribution in [-0.2, 0) is 0 Å². The molecule has 0 bridgehead atoms. The zero-order valence-electron chi connectivity index (χ0n) is 11.4. The second-order valence-corrected chi connectivity index (χ2v) is 5.25. The number of Topliss-reactive ketones (excluding diaryl/α,β-unsaturated/α-hetero) is 1. The Kier molecular flexibility index (Phi) is 5.28. The smallest absolute Gasteiger partial charge is 0.167 e. The van der Waals surface area contributed by atoms with Gasteiger partial charge in [0.25, 0.3) is 0 Å². The molecule has 0 aliphatic heterocycles. The maximum absolute atomic E-state index is 12.3. The van der Waals surface area contributed by atoms with Gasteiger partial charge in [-0.15, -0.1) is 0 Å². The molecule has 1 rings (SSSR count). The fraction of sp³-hybridized carbons (Fsp3) is 0.571. The van der Waals surface area contributed by atoms with Crippen molar-refractivity contribution in [3.05, 3.63) is 23.4 Å². The average Bonchev–Trinajstić information content (AvgIpc) is 2.27. The monoisotopic (exact) mass is 249 g/mol. The molecule has 1 unspecified atom stereocenters.